The molecule has 3 heterocycles. The second-order valence-electron chi connectivity index (χ2n) is 5.78. The zero-order valence-corrected chi connectivity index (χ0v) is 15.1. The highest BCUT2D eigenvalue weighted by Crippen LogP contribution is 2.38. The lowest BCUT2D eigenvalue weighted by atomic mass is 10.0. The quantitative estimate of drug-likeness (QED) is 0.490. The molecule has 0 radical (unpaired) electrons. The van der Waals surface area contributed by atoms with Crippen LogP contribution >= 0.6 is 11.6 Å². The predicted molar refractivity (Wildman–Crippen MR) is 103 cm³/mol. The Labute approximate surface area is 159 Å². The molecule has 0 aliphatic carbocycles. The van der Waals surface area contributed by atoms with Crippen LogP contribution < -0.4 is 5.73 Å². The molecule has 1 aromatic carbocycles. The van der Waals surface area contributed by atoms with E-state index in [0.29, 0.717) is 27.4 Å². The first-order valence-electron chi connectivity index (χ1n) is 8.28. The Bertz CT molecular complexity index is 1120. The summed E-state index contributed by atoms with van der Waals surface area (Å²) in [6, 6.07) is 12.7. The number of nitrogens with zero attached hydrogens (tertiary/aromatic N) is 1. The van der Waals surface area contributed by atoms with E-state index >= 15 is 0 Å². The maximum atomic E-state index is 12.2. The largest absolute Gasteiger partial charge is 0.464 e. The van der Waals surface area contributed by atoms with E-state index < -0.39 is 5.97 Å². The van der Waals surface area contributed by atoms with E-state index in [4.69, 9.17) is 30.9 Å². The first kappa shape index (κ1) is 17.2. The lowest BCUT2D eigenvalue weighted by Crippen LogP contribution is -2.05. The topological polar surface area (TPSA) is 91.5 Å². The van der Waals surface area contributed by atoms with Crippen molar-refractivity contribution >= 4 is 34.4 Å². The fourth-order valence-corrected chi connectivity index (χ4v) is 2.99. The van der Waals surface area contributed by atoms with Gasteiger partial charge in [-0.2, -0.15) is 0 Å². The highest BCUT2D eigenvalue weighted by molar-refractivity contribution is 6.30. The lowest BCUT2D eigenvalue weighted by molar-refractivity contribution is 0.0494. The second kappa shape index (κ2) is 6.81. The second-order valence-corrected chi connectivity index (χ2v) is 6.22. The number of esters is 1. The molecule has 4 rings (SSSR count). The van der Waals surface area contributed by atoms with Crippen LogP contribution in [0.2, 0.25) is 5.02 Å². The van der Waals surface area contributed by atoms with Gasteiger partial charge in [0.05, 0.1) is 29.6 Å². The molecule has 0 saturated carbocycles. The number of rotatable bonds is 4. The Morgan fingerprint density at radius 3 is 2.70 bits per heavy atom. The zero-order valence-electron chi connectivity index (χ0n) is 14.4. The monoisotopic (exact) mass is 382 g/mol. The number of benzene rings is 1. The summed E-state index contributed by atoms with van der Waals surface area (Å²) in [5, 5.41) is 1.13. The molecule has 6 nitrogen and oxygen atoms in total. The van der Waals surface area contributed by atoms with Gasteiger partial charge in [0.15, 0.2) is 0 Å². The summed E-state index contributed by atoms with van der Waals surface area (Å²) >= 11 is 5.97. The molecule has 0 atom stereocenters. The maximum absolute atomic E-state index is 12.2. The van der Waals surface area contributed by atoms with Crippen molar-refractivity contribution in [3.8, 4) is 22.6 Å². The van der Waals surface area contributed by atoms with Gasteiger partial charge in [-0.25, -0.2) is 9.78 Å². The molecule has 0 spiro atoms. The smallest absolute Gasteiger partial charge is 0.376 e. The van der Waals surface area contributed by atoms with Gasteiger partial charge < -0.3 is 19.3 Å². The Kier molecular flexibility index (Phi) is 4.33. The molecular formula is C20H15ClN2O4. The van der Waals surface area contributed by atoms with Gasteiger partial charge in [-0.05, 0) is 37.3 Å². The number of furan rings is 2. The SMILES string of the molecule is CCOC(=O)c1oc2nc(-c3ccc(Cl)cc3)cc(-c3ccco3)c2c1N. The molecule has 7 heteroatoms. The molecule has 0 amide bonds. The van der Waals surface area contributed by atoms with E-state index in [2.05, 4.69) is 4.98 Å². The highest BCUT2D eigenvalue weighted by Gasteiger charge is 2.25. The van der Waals surface area contributed by atoms with E-state index in [-0.39, 0.29) is 23.8 Å². The maximum Gasteiger partial charge on any atom is 0.376 e. The Morgan fingerprint density at radius 2 is 2.04 bits per heavy atom. The number of anilines is 1. The van der Waals surface area contributed by atoms with Crippen molar-refractivity contribution in [2.24, 2.45) is 0 Å². The van der Waals surface area contributed by atoms with Crippen molar-refractivity contribution in [1.82, 2.24) is 4.98 Å². The molecule has 3 aromatic heterocycles. The number of carbonyl (C=O) groups excluding carboxylic acids is 1. The molecule has 4 aromatic rings. The average Bonchev–Trinajstić information content (AvgIpc) is 3.30. The van der Waals surface area contributed by atoms with E-state index in [1.165, 1.54) is 0 Å². The molecule has 0 aliphatic rings. The number of halogens is 1. The number of hydrogen-bond acceptors (Lipinski definition) is 6. The van der Waals surface area contributed by atoms with Crippen LogP contribution in [0.15, 0.2) is 57.6 Å². The van der Waals surface area contributed by atoms with Crippen LogP contribution in [0.5, 0.6) is 0 Å². The Balaban J connectivity index is 1.98. The minimum atomic E-state index is -0.633. The molecule has 0 aliphatic heterocycles. The summed E-state index contributed by atoms with van der Waals surface area (Å²) in [7, 11) is 0. The number of nitrogen functional groups attached to an aromatic ring is 1. The first-order valence-corrected chi connectivity index (χ1v) is 8.66. The van der Waals surface area contributed by atoms with Crippen molar-refractivity contribution in [1.29, 1.82) is 0 Å². The van der Waals surface area contributed by atoms with E-state index in [9.17, 15) is 4.79 Å². The molecule has 27 heavy (non-hydrogen) atoms. The van der Waals surface area contributed by atoms with Crippen LogP contribution in [0.4, 0.5) is 5.69 Å². The number of pyridine rings is 1. The van der Waals surface area contributed by atoms with Gasteiger partial charge in [0.2, 0.25) is 11.5 Å². The van der Waals surface area contributed by atoms with Gasteiger partial charge in [-0.1, -0.05) is 23.7 Å². The minimum absolute atomic E-state index is 0.0691. The van der Waals surface area contributed by atoms with Crippen LogP contribution in [-0.4, -0.2) is 17.6 Å². The van der Waals surface area contributed by atoms with Crippen LogP contribution in [0.25, 0.3) is 33.7 Å². The average molecular weight is 383 g/mol. The van der Waals surface area contributed by atoms with Crippen LogP contribution in [-0.2, 0) is 4.74 Å². The van der Waals surface area contributed by atoms with Crippen LogP contribution in [0.3, 0.4) is 0 Å². The fourth-order valence-electron chi connectivity index (χ4n) is 2.86. The third-order valence-electron chi connectivity index (χ3n) is 4.09. The van der Waals surface area contributed by atoms with E-state index in [1.54, 1.807) is 37.5 Å². The van der Waals surface area contributed by atoms with Crippen LogP contribution in [0.1, 0.15) is 17.5 Å². The van der Waals surface area contributed by atoms with E-state index in [0.717, 1.165) is 5.56 Å². The summed E-state index contributed by atoms with van der Waals surface area (Å²) in [6.07, 6.45) is 1.56. The molecule has 0 bridgehead atoms. The third-order valence-corrected chi connectivity index (χ3v) is 4.34. The molecule has 0 fully saturated rings. The normalized spacial score (nSPS) is 11.0. The van der Waals surface area contributed by atoms with Crippen molar-refractivity contribution in [2.75, 3.05) is 12.3 Å². The Hall–Kier alpha value is -3.25. The number of aromatic nitrogens is 1. The minimum Gasteiger partial charge on any atom is -0.464 e. The van der Waals surface area contributed by atoms with E-state index in [1.807, 2.05) is 18.2 Å². The van der Waals surface area contributed by atoms with Gasteiger partial charge >= 0.3 is 5.97 Å². The van der Waals surface area contributed by atoms with Crippen molar-refractivity contribution in [3.05, 3.63) is 59.5 Å². The molecule has 136 valence electrons. The number of nitrogens with two attached hydrogens (primary N) is 1. The predicted octanol–water partition coefficient (Wildman–Crippen LogP) is 5.17. The van der Waals surface area contributed by atoms with Gasteiger partial charge in [0.1, 0.15) is 5.76 Å². The molecule has 2 N–H and O–H groups in total. The van der Waals surface area contributed by atoms with Crippen molar-refractivity contribution in [2.45, 2.75) is 6.92 Å². The summed E-state index contributed by atoms with van der Waals surface area (Å²) in [4.78, 5) is 16.7. The molecule has 0 saturated heterocycles. The number of ether oxygens (including phenoxy) is 1. The summed E-state index contributed by atoms with van der Waals surface area (Å²) < 4.78 is 16.2. The third kappa shape index (κ3) is 3.04. The standard InChI is InChI=1S/C20H15ClN2O4/c1-2-25-20(24)18-17(22)16-13(15-4-3-9-26-15)10-14(23-19(16)27-18)11-5-7-12(21)8-6-11/h3-10H,2,22H2,1H3. The lowest BCUT2D eigenvalue weighted by Gasteiger charge is -2.05. The zero-order chi connectivity index (χ0) is 19.0. The van der Waals surface area contributed by atoms with Crippen LogP contribution in [0, 0.1) is 0 Å². The number of fused-ring (bicyclic) bond motifs is 1. The van der Waals surface area contributed by atoms with Gasteiger partial charge in [-0.15, -0.1) is 0 Å². The van der Waals surface area contributed by atoms with Gasteiger partial charge in [0, 0.05) is 16.1 Å². The Morgan fingerprint density at radius 1 is 1.26 bits per heavy atom. The van der Waals surface area contributed by atoms with Crippen molar-refractivity contribution < 1.29 is 18.4 Å². The fraction of sp³-hybridized carbons (Fsp3) is 0.100. The summed E-state index contributed by atoms with van der Waals surface area (Å²) in [6.45, 7) is 1.92. The summed E-state index contributed by atoms with van der Waals surface area (Å²) in [5.41, 5.74) is 8.74. The number of hydrogen-bond donors (Lipinski definition) is 1. The summed E-state index contributed by atoms with van der Waals surface area (Å²) in [5.74, 6) is -0.118. The molecule has 0 unspecified atom stereocenters. The van der Waals surface area contributed by atoms with Gasteiger partial charge in [0.25, 0.3) is 0 Å². The highest BCUT2D eigenvalue weighted by atomic mass is 35.5. The molecular weight excluding hydrogens is 368 g/mol. The van der Waals surface area contributed by atoms with Gasteiger partial charge in [-0.3, -0.25) is 0 Å². The first-order chi connectivity index (χ1) is 13.1. The van der Waals surface area contributed by atoms with Crippen molar-refractivity contribution in [3.63, 3.8) is 0 Å². The number of carbonyl (C=O) groups is 1.